The molecule has 3 nitrogen and oxygen atoms in total. The second-order valence-electron chi connectivity index (χ2n) is 5.56. The van der Waals surface area contributed by atoms with Crippen molar-refractivity contribution < 1.29 is 9.90 Å². The van der Waals surface area contributed by atoms with Crippen molar-refractivity contribution in [2.75, 3.05) is 11.9 Å². The Morgan fingerprint density at radius 3 is 2.88 bits per heavy atom. The number of aliphatic carboxylic acids is 1. The maximum absolute atomic E-state index is 11.2. The Balaban J connectivity index is 2.23. The number of carboxylic acids is 1. The van der Waals surface area contributed by atoms with Crippen molar-refractivity contribution in [1.82, 2.24) is 0 Å². The lowest BCUT2D eigenvalue weighted by molar-refractivity contribution is -0.147. The molecule has 1 heterocycles. The van der Waals surface area contributed by atoms with Gasteiger partial charge in [-0.1, -0.05) is 17.7 Å². The van der Waals surface area contributed by atoms with E-state index in [1.807, 2.05) is 0 Å². The van der Waals surface area contributed by atoms with Crippen molar-refractivity contribution in [3.8, 4) is 0 Å². The lowest BCUT2D eigenvalue weighted by Crippen LogP contribution is -2.26. The van der Waals surface area contributed by atoms with Crippen LogP contribution in [0.3, 0.4) is 0 Å². The van der Waals surface area contributed by atoms with E-state index in [-0.39, 0.29) is 0 Å². The molecule has 0 spiro atoms. The van der Waals surface area contributed by atoms with Gasteiger partial charge in [0.05, 0.1) is 5.41 Å². The van der Waals surface area contributed by atoms with E-state index in [9.17, 15) is 9.90 Å². The number of carbonyl (C=O) groups is 1. The van der Waals surface area contributed by atoms with E-state index in [0.717, 1.165) is 12.2 Å². The van der Waals surface area contributed by atoms with Crippen LogP contribution in [-0.4, -0.2) is 17.6 Å². The van der Waals surface area contributed by atoms with Crippen LogP contribution in [0.2, 0.25) is 0 Å². The Kier molecular flexibility index (Phi) is 2.86. The number of hydrogen-bond donors (Lipinski definition) is 2. The zero-order valence-corrected chi connectivity index (χ0v) is 10.6. The molecule has 0 fully saturated rings. The van der Waals surface area contributed by atoms with E-state index < -0.39 is 11.4 Å². The summed E-state index contributed by atoms with van der Waals surface area (Å²) in [5.41, 5.74) is 2.98. The van der Waals surface area contributed by atoms with E-state index in [2.05, 4.69) is 30.4 Å². The van der Waals surface area contributed by atoms with Gasteiger partial charge in [-0.2, -0.15) is 0 Å². The van der Waals surface area contributed by atoms with Gasteiger partial charge in [-0.3, -0.25) is 4.79 Å². The summed E-state index contributed by atoms with van der Waals surface area (Å²) in [7, 11) is 0. The molecule has 1 aliphatic heterocycles. The van der Waals surface area contributed by atoms with Crippen molar-refractivity contribution in [3.63, 3.8) is 0 Å². The molecule has 17 heavy (non-hydrogen) atoms. The molecule has 3 heteroatoms. The van der Waals surface area contributed by atoms with Crippen LogP contribution in [0, 0.1) is 12.3 Å². The Morgan fingerprint density at radius 1 is 1.53 bits per heavy atom. The molecule has 1 unspecified atom stereocenters. The van der Waals surface area contributed by atoms with Gasteiger partial charge in [-0.15, -0.1) is 0 Å². The molecule has 0 amide bonds. The number of aryl methyl sites for hydroxylation is 1. The highest BCUT2D eigenvalue weighted by atomic mass is 16.4. The van der Waals surface area contributed by atoms with Crippen LogP contribution >= 0.6 is 0 Å². The third-order valence-electron chi connectivity index (χ3n) is 3.52. The molecule has 0 aliphatic carbocycles. The van der Waals surface area contributed by atoms with Gasteiger partial charge in [0.25, 0.3) is 0 Å². The molecule has 2 rings (SSSR count). The third kappa shape index (κ3) is 2.28. The number of benzene rings is 1. The first-order valence-electron chi connectivity index (χ1n) is 5.98. The molecule has 0 bridgehead atoms. The minimum Gasteiger partial charge on any atom is -0.481 e. The zero-order chi connectivity index (χ0) is 12.6. The number of hydrogen-bond acceptors (Lipinski definition) is 2. The first kappa shape index (κ1) is 12.0. The van der Waals surface area contributed by atoms with Gasteiger partial charge in [0, 0.05) is 18.2 Å². The van der Waals surface area contributed by atoms with E-state index in [1.165, 1.54) is 11.1 Å². The van der Waals surface area contributed by atoms with Gasteiger partial charge < -0.3 is 10.4 Å². The van der Waals surface area contributed by atoms with Crippen molar-refractivity contribution in [2.45, 2.75) is 33.1 Å². The molecule has 1 aromatic rings. The second-order valence-corrected chi connectivity index (χ2v) is 5.56. The first-order chi connectivity index (χ1) is 7.90. The molecular formula is C14H19NO2. The summed E-state index contributed by atoms with van der Waals surface area (Å²) < 4.78 is 0. The number of fused-ring (bicyclic) bond motifs is 1. The van der Waals surface area contributed by atoms with Crippen LogP contribution in [-0.2, 0) is 4.79 Å². The van der Waals surface area contributed by atoms with Crippen LogP contribution in [0.1, 0.15) is 37.3 Å². The second kappa shape index (κ2) is 4.06. The number of rotatable bonds is 3. The van der Waals surface area contributed by atoms with Gasteiger partial charge >= 0.3 is 5.97 Å². The first-order valence-corrected chi connectivity index (χ1v) is 5.98. The highest BCUT2D eigenvalue weighted by Crippen LogP contribution is 2.39. The van der Waals surface area contributed by atoms with Gasteiger partial charge in [0.15, 0.2) is 0 Å². The van der Waals surface area contributed by atoms with E-state index in [0.29, 0.717) is 12.3 Å². The quantitative estimate of drug-likeness (QED) is 0.843. The lowest BCUT2D eigenvalue weighted by Gasteiger charge is -2.23. The molecule has 92 valence electrons. The summed E-state index contributed by atoms with van der Waals surface area (Å²) in [6.07, 6.45) is 0.672. The Hall–Kier alpha value is -1.51. The van der Waals surface area contributed by atoms with Gasteiger partial charge in [-0.05, 0) is 38.8 Å². The van der Waals surface area contributed by atoms with Gasteiger partial charge in [-0.25, -0.2) is 0 Å². The predicted molar refractivity (Wildman–Crippen MR) is 68.4 cm³/mol. The third-order valence-corrected chi connectivity index (χ3v) is 3.52. The van der Waals surface area contributed by atoms with Crippen LogP contribution in [0.4, 0.5) is 5.69 Å². The fourth-order valence-corrected chi connectivity index (χ4v) is 2.41. The van der Waals surface area contributed by atoms with Crippen LogP contribution < -0.4 is 5.32 Å². The monoisotopic (exact) mass is 233 g/mol. The average Bonchev–Trinajstić information content (AvgIpc) is 2.60. The summed E-state index contributed by atoms with van der Waals surface area (Å²) in [5, 5.41) is 12.5. The number of nitrogens with one attached hydrogen (secondary N) is 1. The molecule has 0 radical (unpaired) electrons. The molecule has 1 atom stereocenters. The van der Waals surface area contributed by atoms with Crippen molar-refractivity contribution in [2.24, 2.45) is 5.41 Å². The fraction of sp³-hybridized carbons (Fsp3) is 0.500. The fourth-order valence-electron chi connectivity index (χ4n) is 2.41. The summed E-state index contributed by atoms with van der Waals surface area (Å²) >= 11 is 0. The van der Waals surface area contributed by atoms with Gasteiger partial charge in [0.2, 0.25) is 0 Å². The smallest absolute Gasteiger partial charge is 0.309 e. The largest absolute Gasteiger partial charge is 0.481 e. The topological polar surface area (TPSA) is 49.3 Å². The summed E-state index contributed by atoms with van der Waals surface area (Å²) in [5.74, 6) is -0.422. The molecule has 0 aromatic heterocycles. The molecule has 2 N–H and O–H groups in total. The number of anilines is 1. The van der Waals surface area contributed by atoms with Crippen LogP contribution in [0.15, 0.2) is 18.2 Å². The lowest BCUT2D eigenvalue weighted by atomic mass is 9.80. The zero-order valence-electron chi connectivity index (χ0n) is 10.6. The minimum atomic E-state index is -0.724. The van der Waals surface area contributed by atoms with Crippen molar-refractivity contribution in [1.29, 1.82) is 0 Å². The maximum Gasteiger partial charge on any atom is 0.309 e. The van der Waals surface area contributed by atoms with Crippen molar-refractivity contribution in [3.05, 3.63) is 29.3 Å². The summed E-state index contributed by atoms with van der Waals surface area (Å²) in [6.45, 7) is 6.50. The van der Waals surface area contributed by atoms with Crippen LogP contribution in [0.5, 0.6) is 0 Å². The Labute approximate surface area is 102 Å². The number of carboxylic acid groups (broad SMARTS) is 1. The molecular weight excluding hydrogens is 214 g/mol. The summed E-state index contributed by atoms with van der Waals surface area (Å²) in [6, 6.07) is 6.33. The standard InChI is InChI=1S/C14H19NO2/c1-9-4-5-12-11(6-9)10(8-15-12)7-14(2,3)13(16)17/h4-6,10,15H,7-8H2,1-3H3,(H,16,17). The Bertz CT molecular complexity index is 452. The molecule has 0 saturated heterocycles. The molecule has 0 saturated carbocycles. The van der Waals surface area contributed by atoms with Gasteiger partial charge in [0.1, 0.15) is 0 Å². The maximum atomic E-state index is 11.2. The average molecular weight is 233 g/mol. The van der Waals surface area contributed by atoms with E-state index in [4.69, 9.17) is 0 Å². The summed E-state index contributed by atoms with van der Waals surface area (Å²) in [4.78, 5) is 11.2. The highest BCUT2D eigenvalue weighted by molar-refractivity contribution is 5.74. The normalized spacial score (nSPS) is 18.6. The van der Waals surface area contributed by atoms with Crippen LogP contribution in [0.25, 0.3) is 0 Å². The van der Waals surface area contributed by atoms with E-state index >= 15 is 0 Å². The van der Waals surface area contributed by atoms with Crippen molar-refractivity contribution >= 4 is 11.7 Å². The molecule has 1 aromatic carbocycles. The molecule has 1 aliphatic rings. The van der Waals surface area contributed by atoms with E-state index in [1.54, 1.807) is 13.8 Å². The highest BCUT2D eigenvalue weighted by Gasteiger charge is 2.34. The predicted octanol–water partition coefficient (Wildman–Crippen LogP) is 3.01. The Morgan fingerprint density at radius 2 is 2.24 bits per heavy atom. The minimum absolute atomic E-state index is 0.302. The SMILES string of the molecule is Cc1ccc2c(c1)C(CC(C)(C)C(=O)O)CN2.